The number of aromatic nitrogens is 6. The normalized spacial score (nSPS) is 12.4. The van der Waals surface area contributed by atoms with Crippen LogP contribution in [0.3, 0.4) is 0 Å². The van der Waals surface area contributed by atoms with Crippen molar-refractivity contribution in [2.45, 2.75) is 58.1 Å². The van der Waals surface area contributed by atoms with E-state index in [1.165, 1.54) is 0 Å². The highest BCUT2D eigenvalue weighted by molar-refractivity contribution is 5.94. The first-order valence-electron chi connectivity index (χ1n) is 14.2. The maximum absolute atomic E-state index is 13.3. The number of halogens is 9. The highest BCUT2D eigenvalue weighted by atomic mass is 19.4. The van der Waals surface area contributed by atoms with Gasteiger partial charge in [0, 0.05) is 54.7 Å². The van der Waals surface area contributed by atoms with Crippen LogP contribution in [0.4, 0.5) is 39.5 Å². The summed E-state index contributed by atoms with van der Waals surface area (Å²) in [6.45, 7) is 5.92. The number of carbonyl (C=O) groups is 4. The van der Waals surface area contributed by atoms with E-state index in [0.717, 1.165) is 28.2 Å². The highest BCUT2D eigenvalue weighted by Crippen LogP contribution is 2.34. The number of carboxylic acids is 3. The van der Waals surface area contributed by atoms with Crippen molar-refractivity contribution in [3.8, 4) is 11.3 Å². The van der Waals surface area contributed by atoms with E-state index in [2.05, 4.69) is 40.8 Å². The molecule has 1 aliphatic heterocycles. The zero-order valence-electron chi connectivity index (χ0n) is 26.9. The van der Waals surface area contributed by atoms with Crippen molar-refractivity contribution < 1.29 is 74.0 Å². The lowest BCUT2D eigenvalue weighted by Crippen LogP contribution is -2.30. The van der Waals surface area contributed by atoms with Crippen LogP contribution in [0.5, 0.6) is 0 Å². The number of rotatable bonds is 4. The Morgan fingerprint density at radius 1 is 0.827 bits per heavy atom. The second-order valence-corrected chi connectivity index (χ2v) is 10.7. The van der Waals surface area contributed by atoms with Crippen LogP contribution in [0, 0.1) is 0 Å². The molecule has 0 radical (unpaired) electrons. The molecular weight excluding hydrogens is 729 g/mol. The molecule has 1 aliphatic rings. The van der Waals surface area contributed by atoms with E-state index in [4.69, 9.17) is 34.8 Å². The van der Waals surface area contributed by atoms with Gasteiger partial charge in [-0.05, 0) is 32.0 Å². The molecule has 1 amide bonds. The van der Waals surface area contributed by atoms with Gasteiger partial charge in [-0.15, -0.1) is 0 Å². The minimum atomic E-state index is -5.08. The Labute approximate surface area is 286 Å². The van der Waals surface area contributed by atoms with Crippen molar-refractivity contribution in [3.05, 3.63) is 77.8 Å². The van der Waals surface area contributed by atoms with Crippen molar-refractivity contribution in [3.63, 3.8) is 0 Å². The van der Waals surface area contributed by atoms with Crippen LogP contribution in [0.1, 0.15) is 47.2 Å². The van der Waals surface area contributed by atoms with Crippen molar-refractivity contribution in [1.82, 2.24) is 34.0 Å². The predicted molar refractivity (Wildman–Crippen MR) is 157 cm³/mol. The molecule has 0 fully saturated rings. The topological polar surface area (TPSA) is 186 Å². The van der Waals surface area contributed by atoms with E-state index in [1.807, 2.05) is 41.0 Å². The number of pyridine rings is 1. The highest BCUT2D eigenvalue weighted by Gasteiger charge is 2.39. The van der Waals surface area contributed by atoms with Crippen LogP contribution >= 0.6 is 0 Å². The molecule has 284 valence electrons. The summed E-state index contributed by atoms with van der Waals surface area (Å²) in [6.07, 6.45) is -5.94. The SMILES string of the molecule is CC(C)n1ccc2c1CN(C(=O)c1cnn(C)c1)Cc1cn(Cc3ccccn3)nc1-2.O=C(O)C(F)(F)F.O=C(O)C(F)(F)F.O=C(O)C(F)(F)F. The van der Waals surface area contributed by atoms with Crippen LogP contribution in [0.2, 0.25) is 0 Å². The molecule has 4 aromatic rings. The molecule has 4 aromatic heterocycles. The molecule has 0 saturated carbocycles. The Kier molecular flexibility index (Phi) is 13.7. The number of nitrogens with zero attached hydrogens (tertiary/aromatic N) is 7. The number of carboxylic acid groups (broad SMARTS) is 3. The number of carbonyl (C=O) groups excluding carboxylic acids is 1. The molecule has 0 unspecified atom stereocenters. The van der Waals surface area contributed by atoms with Crippen LogP contribution in [-0.4, -0.2) is 91.7 Å². The summed E-state index contributed by atoms with van der Waals surface area (Å²) in [4.78, 5) is 46.3. The van der Waals surface area contributed by atoms with Crippen LogP contribution < -0.4 is 0 Å². The Morgan fingerprint density at radius 3 is 1.79 bits per heavy atom. The summed E-state index contributed by atoms with van der Waals surface area (Å²) in [5.41, 5.74) is 5.71. The van der Waals surface area contributed by atoms with Crippen molar-refractivity contribution >= 4 is 23.8 Å². The molecule has 5 rings (SSSR count). The molecule has 52 heavy (non-hydrogen) atoms. The zero-order chi connectivity index (χ0) is 39.8. The Bertz CT molecular complexity index is 1790. The molecular formula is C29H28F9N7O7. The second kappa shape index (κ2) is 16.9. The van der Waals surface area contributed by atoms with Crippen LogP contribution in [0.25, 0.3) is 11.3 Å². The zero-order valence-corrected chi connectivity index (χ0v) is 26.9. The number of hydrogen-bond donors (Lipinski definition) is 3. The van der Waals surface area contributed by atoms with Gasteiger partial charge in [0.05, 0.1) is 42.8 Å². The van der Waals surface area contributed by atoms with E-state index in [-0.39, 0.29) is 11.9 Å². The fraction of sp³-hybridized carbons (Fsp3) is 0.345. The third-order valence-corrected chi connectivity index (χ3v) is 6.39. The molecule has 0 atom stereocenters. The molecule has 0 saturated heterocycles. The molecule has 14 nitrogen and oxygen atoms in total. The first-order valence-corrected chi connectivity index (χ1v) is 14.2. The second-order valence-electron chi connectivity index (χ2n) is 10.7. The smallest absolute Gasteiger partial charge is 0.475 e. The lowest BCUT2D eigenvalue weighted by atomic mass is 10.1. The van der Waals surface area contributed by atoms with Gasteiger partial charge in [0.25, 0.3) is 5.91 Å². The summed E-state index contributed by atoms with van der Waals surface area (Å²) in [5, 5.41) is 30.4. The fourth-order valence-corrected chi connectivity index (χ4v) is 4.19. The number of alkyl halides is 9. The van der Waals surface area contributed by atoms with Gasteiger partial charge in [-0.2, -0.15) is 49.7 Å². The molecule has 3 N–H and O–H groups in total. The van der Waals surface area contributed by atoms with Crippen molar-refractivity contribution in [1.29, 1.82) is 0 Å². The number of hydrogen-bond acceptors (Lipinski definition) is 7. The lowest BCUT2D eigenvalue weighted by Gasteiger charge is -2.22. The summed E-state index contributed by atoms with van der Waals surface area (Å²) >= 11 is 0. The molecule has 0 aromatic carbocycles. The molecule has 0 aliphatic carbocycles. The number of amides is 1. The Morgan fingerprint density at radius 2 is 1.37 bits per heavy atom. The third kappa shape index (κ3) is 12.2. The van der Waals surface area contributed by atoms with E-state index < -0.39 is 36.4 Å². The third-order valence-electron chi connectivity index (χ3n) is 6.39. The van der Waals surface area contributed by atoms with E-state index in [9.17, 15) is 44.3 Å². The van der Waals surface area contributed by atoms with Gasteiger partial charge in [-0.3, -0.25) is 19.1 Å². The minimum absolute atomic E-state index is 0.0270. The van der Waals surface area contributed by atoms with Gasteiger partial charge < -0.3 is 24.8 Å². The average Bonchev–Trinajstić information content (AvgIpc) is 3.73. The van der Waals surface area contributed by atoms with Gasteiger partial charge in [0.2, 0.25) is 0 Å². The van der Waals surface area contributed by atoms with E-state index in [1.54, 1.807) is 23.3 Å². The molecule has 23 heteroatoms. The van der Waals surface area contributed by atoms with Crippen LogP contribution in [-0.2, 0) is 41.1 Å². The first kappa shape index (κ1) is 42.3. The average molecular weight is 758 g/mol. The van der Waals surface area contributed by atoms with Gasteiger partial charge in [-0.25, -0.2) is 14.4 Å². The maximum Gasteiger partial charge on any atom is 0.490 e. The lowest BCUT2D eigenvalue weighted by molar-refractivity contribution is -0.193. The summed E-state index contributed by atoms with van der Waals surface area (Å²) in [7, 11) is 1.82. The minimum Gasteiger partial charge on any atom is -0.475 e. The van der Waals surface area contributed by atoms with Crippen LogP contribution in [0.15, 0.2) is 55.2 Å². The largest absolute Gasteiger partial charge is 0.490 e. The van der Waals surface area contributed by atoms with E-state index >= 15 is 0 Å². The quantitative estimate of drug-likeness (QED) is 0.235. The Hall–Kier alpha value is -5.90. The van der Waals surface area contributed by atoms with Gasteiger partial charge in [0.15, 0.2) is 0 Å². The summed E-state index contributed by atoms with van der Waals surface area (Å²) in [5.74, 6) is -8.30. The van der Waals surface area contributed by atoms with E-state index in [0.29, 0.717) is 25.2 Å². The van der Waals surface area contributed by atoms with Gasteiger partial charge >= 0.3 is 36.4 Å². The van der Waals surface area contributed by atoms with Crippen molar-refractivity contribution in [2.24, 2.45) is 7.05 Å². The maximum atomic E-state index is 13.3. The number of fused-ring (bicyclic) bond motifs is 3. The number of aliphatic carboxylic acids is 3. The number of aryl methyl sites for hydroxylation is 1. The molecule has 5 heterocycles. The van der Waals surface area contributed by atoms with Gasteiger partial charge in [0.1, 0.15) is 0 Å². The van der Waals surface area contributed by atoms with Gasteiger partial charge in [-0.1, -0.05) is 6.07 Å². The Balaban J connectivity index is 0.000000365. The standard InChI is InChI=1S/C23H25N7O.3C2HF3O2/c1-16(2)30-9-7-20-21(30)15-28(23(31)17-10-25-27(3)11-17)12-18-13-29(26-22(18)20)14-19-6-4-5-8-24-19;3*3-2(4,5)1(6)7/h4-11,13,16H,12,14-15H2,1-3H3;3*(H,6,7). The summed E-state index contributed by atoms with van der Waals surface area (Å²) in [6, 6.07) is 8.28. The monoisotopic (exact) mass is 757 g/mol. The summed E-state index contributed by atoms with van der Waals surface area (Å²) < 4.78 is 101. The fourth-order valence-electron chi connectivity index (χ4n) is 4.19. The first-order chi connectivity index (χ1) is 23.8. The van der Waals surface area contributed by atoms with Crippen molar-refractivity contribution in [2.75, 3.05) is 0 Å². The molecule has 0 spiro atoms. The molecule has 0 bridgehead atoms. The predicted octanol–water partition coefficient (Wildman–Crippen LogP) is 5.17.